The lowest BCUT2D eigenvalue weighted by atomic mass is 9.99. The van der Waals surface area contributed by atoms with Crippen LogP contribution in [0.4, 0.5) is 0 Å². The van der Waals surface area contributed by atoms with Crippen LogP contribution in [-0.2, 0) is 20.8 Å². The molecule has 1 saturated heterocycles. The Balaban J connectivity index is 2.27. The summed E-state index contributed by atoms with van der Waals surface area (Å²) >= 11 is 0. The van der Waals surface area contributed by atoms with E-state index in [1.54, 1.807) is 11.9 Å². The van der Waals surface area contributed by atoms with Crippen LogP contribution in [-0.4, -0.2) is 59.1 Å². The van der Waals surface area contributed by atoms with Gasteiger partial charge < -0.3 is 15.5 Å². The average Bonchev–Trinajstić information content (AvgIpc) is 3.20. The lowest BCUT2D eigenvalue weighted by Gasteiger charge is -2.34. The van der Waals surface area contributed by atoms with Crippen molar-refractivity contribution in [3.8, 4) is 0 Å². The fourth-order valence-electron chi connectivity index (χ4n) is 4.04. The first-order valence-electron chi connectivity index (χ1n) is 10.7. The number of ketones is 1. The summed E-state index contributed by atoms with van der Waals surface area (Å²) in [5.74, 6) is -0.0214. The third kappa shape index (κ3) is 5.89. The maximum atomic E-state index is 13.5. The maximum Gasteiger partial charge on any atom is 0.246 e. The Bertz CT molecular complexity index is 705. The molecule has 2 amide bonds. The molecule has 0 aromatic heterocycles. The predicted octanol–water partition coefficient (Wildman–Crippen LogP) is 2.40. The van der Waals surface area contributed by atoms with Crippen molar-refractivity contribution in [2.75, 3.05) is 13.6 Å². The Morgan fingerprint density at radius 2 is 1.86 bits per heavy atom. The summed E-state index contributed by atoms with van der Waals surface area (Å²) in [4.78, 5) is 42.0. The number of nitrogens with two attached hydrogens (primary N) is 1. The largest absolute Gasteiger partial charge is 0.332 e. The number of benzene rings is 1. The number of carbonyl (C=O) groups is 3. The zero-order chi connectivity index (χ0) is 21.6. The summed E-state index contributed by atoms with van der Waals surface area (Å²) in [7, 11) is 1.65. The zero-order valence-corrected chi connectivity index (χ0v) is 18.1. The number of rotatable bonds is 9. The third-order valence-corrected chi connectivity index (χ3v) is 5.67. The standard InChI is InChI=1S/C23H35N3O3/c1-5-21(27)19-12-9-13-26(19)23(29)20(15-17-10-7-6-8-11-17)25(4)22(28)18(24)14-16(2)3/h6-8,10-11,16,18-20H,5,9,12-15,24H2,1-4H3/t18-,19-,20-/m0/s1. The number of likely N-dealkylation sites (N-methyl/N-ethyl adjacent to an activating group) is 1. The second-order valence-corrected chi connectivity index (χ2v) is 8.40. The van der Waals surface area contributed by atoms with Gasteiger partial charge in [0.1, 0.15) is 6.04 Å². The molecular weight excluding hydrogens is 366 g/mol. The topological polar surface area (TPSA) is 83.7 Å². The molecule has 1 aromatic rings. The Morgan fingerprint density at radius 1 is 1.21 bits per heavy atom. The first kappa shape index (κ1) is 23.1. The van der Waals surface area contributed by atoms with Gasteiger partial charge in [-0.3, -0.25) is 14.4 Å². The smallest absolute Gasteiger partial charge is 0.246 e. The Labute approximate surface area is 174 Å². The van der Waals surface area contributed by atoms with Gasteiger partial charge in [-0.15, -0.1) is 0 Å². The molecule has 0 spiro atoms. The van der Waals surface area contributed by atoms with Gasteiger partial charge in [0.2, 0.25) is 11.8 Å². The van der Waals surface area contributed by atoms with E-state index in [-0.39, 0.29) is 29.6 Å². The van der Waals surface area contributed by atoms with Crippen molar-refractivity contribution in [1.82, 2.24) is 9.80 Å². The van der Waals surface area contributed by atoms with Crippen LogP contribution in [0.2, 0.25) is 0 Å². The van der Waals surface area contributed by atoms with Crippen LogP contribution >= 0.6 is 0 Å². The molecule has 160 valence electrons. The SMILES string of the molecule is CCC(=O)[C@@H]1CCCN1C(=O)[C@H](Cc1ccccc1)N(C)C(=O)[C@@H](N)CC(C)C. The van der Waals surface area contributed by atoms with Crippen molar-refractivity contribution < 1.29 is 14.4 Å². The van der Waals surface area contributed by atoms with Crippen molar-refractivity contribution in [2.45, 2.75) is 71.0 Å². The molecule has 0 aliphatic carbocycles. The van der Waals surface area contributed by atoms with E-state index >= 15 is 0 Å². The summed E-state index contributed by atoms with van der Waals surface area (Å²) < 4.78 is 0. The molecule has 29 heavy (non-hydrogen) atoms. The predicted molar refractivity (Wildman–Crippen MR) is 114 cm³/mol. The van der Waals surface area contributed by atoms with Gasteiger partial charge in [-0.05, 0) is 30.7 Å². The third-order valence-electron chi connectivity index (χ3n) is 5.67. The van der Waals surface area contributed by atoms with Crippen LogP contribution < -0.4 is 5.73 Å². The first-order valence-corrected chi connectivity index (χ1v) is 10.7. The van der Waals surface area contributed by atoms with Gasteiger partial charge in [0.05, 0.1) is 12.1 Å². The highest BCUT2D eigenvalue weighted by Gasteiger charge is 2.39. The van der Waals surface area contributed by atoms with Crippen molar-refractivity contribution in [3.05, 3.63) is 35.9 Å². The highest BCUT2D eigenvalue weighted by atomic mass is 16.2. The molecular formula is C23H35N3O3. The number of hydrogen-bond acceptors (Lipinski definition) is 4. The molecule has 2 rings (SSSR count). The van der Waals surface area contributed by atoms with Gasteiger partial charge in [0.25, 0.3) is 0 Å². The number of carbonyl (C=O) groups excluding carboxylic acids is 3. The van der Waals surface area contributed by atoms with Crippen molar-refractivity contribution >= 4 is 17.6 Å². The van der Waals surface area contributed by atoms with Crippen LogP contribution in [0, 0.1) is 5.92 Å². The minimum Gasteiger partial charge on any atom is -0.332 e. The van der Waals surface area contributed by atoms with Gasteiger partial charge in [-0.1, -0.05) is 51.1 Å². The molecule has 1 aliphatic heterocycles. The van der Waals surface area contributed by atoms with Crippen LogP contribution in [0.25, 0.3) is 0 Å². The maximum absolute atomic E-state index is 13.5. The summed E-state index contributed by atoms with van der Waals surface area (Å²) in [6, 6.07) is 7.97. The van der Waals surface area contributed by atoms with Crippen molar-refractivity contribution in [3.63, 3.8) is 0 Å². The number of Topliss-reactive ketones (excluding diaryl/α,β-unsaturated/α-hetero) is 1. The minimum atomic E-state index is -0.673. The second-order valence-electron chi connectivity index (χ2n) is 8.40. The Hall–Kier alpha value is -2.21. The van der Waals surface area contributed by atoms with E-state index < -0.39 is 12.1 Å². The van der Waals surface area contributed by atoms with Crippen molar-refractivity contribution in [1.29, 1.82) is 0 Å². The van der Waals surface area contributed by atoms with E-state index in [1.807, 2.05) is 51.1 Å². The quantitative estimate of drug-likeness (QED) is 0.689. The van der Waals surface area contributed by atoms with Crippen LogP contribution in [0.1, 0.15) is 52.0 Å². The lowest BCUT2D eigenvalue weighted by molar-refractivity contribution is -0.147. The molecule has 1 fully saturated rings. The van der Waals surface area contributed by atoms with E-state index in [0.29, 0.717) is 32.2 Å². The van der Waals surface area contributed by atoms with E-state index in [0.717, 1.165) is 12.0 Å². The number of likely N-dealkylation sites (tertiary alicyclic amines) is 1. The van der Waals surface area contributed by atoms with E-state index in [2.05, 4.69) is 0 Å². The van der Waals surface area contributed by atoms with Gasteiger partial charge in [0, 0.05) is 26.4 Å². The molecule has 1 heterocycles. The van der Waals surface area contributed by atoms with Gasteiger partial charge in [0.15, 0.2) is 5.78 Å². The van der Waals surface area contributed by atoms with Crippen molar-refractivity contribution in [2.24, 2.45) is 11.7 Å². The van der Waals surface area contributed by atoms with Crippen LogP contribution in [0.5, 0.6) is 0 Å². The van der Waals surface area contributed by atoms with Crippen LogP contribution in [0.3, 0.4) is 0 Å². The molecule has 0 saturated carbocycles. The van der Waals surface area contributed by atoms with Gasteiger partial charge >= 0.3 is 0 Å². The molecule has 1 aliphatic rings. The number of nitrogens with zero attached hydrogens (tertiary/aromatic N) is 2. The summed E-state index contributed by atoms with van der Waals surface area (Å²) in [6.45, 7) is 6.42. The fraction of sp³-hybridized carbons (Fsp3) is 0.609. The van der Waals surface area contributed by atoms with Crippen LogP contribution in [0.15, 0.2) is 30.3 Å². The Kier molecular flexibility index (Phi) is 8.38. The summed E-state index contributed by atoms with van der Waals surface area (Å²) in [5.41, 5.74) is 7.10. The highest BCUT2D eigenvalue weighted by molar-refractivity contribution is 5.94. The lowest BCUT2D eigenvalue weighted by Crippen LogP contribution is -2.56. The molecule has 0 unspecified atom stereocenters. The summed E-state index contributed by atoms with van der Waals surface area (Å²) in [5, 5.41) is 0. The highest BCUT2D eigenvalue weighted by Crippen LogP contribution is 2.23. The van der Waals surface area contributed by atoms with E-state index in [1.165, 1.54) is 4.90 Å². The average molecular weight is 402 g/mol. The zero-order valence-electron chi connectivity index (χ0n) is 18.1. The van der Waals surface area contributed by atoms with Gasteiger partial charge in [-0.2, -0.15) is 0 Å². The minimum absolute atomic E-state index is 0.0831. The van der Waals surface area contributed by atoms with Gasteiger partial charge in [-0.25, -0.2) is 0 Å². The molecule has 3 atom stereocenters. The fourth-order valence-corrected chi connectivity index (χ4v) is 4.04. The second kappa shape index (κ2) is 10.5. The summed E-state index contributed by atoms with van der Waals surface area (Å²) in [6.07, 6.45) is 2.88. The first-order chi connectivity index (χ1) is 13.8. The normalized spacial score (nSPS) is 18.6. The number of hydrogen-bond donors (Lipinski definition) is 1. The molecule has 6 nitrogen and oxygen atoms in total. The molecule has 1 aromatic carbocycles. The number of amides is 2. The van der Waals surface area contributed by atoms with E-state index in [4.69, 9.17) is 5.73 Å². The molecule has 0 radical (unpaired) electrons. The Morgan fingerprint density at radius 3 is 2.45 bits per heavy atom. The van der Waals surface area contributed by atoms with E-state index in [9.17, 15) is 14.4 Å². The molecule has 6 heteroatoms. The monoisotopic (exact) mass is 401 g/mol. The molecule has 2 N–H and O–H groups in total. The molecule has 0 bridgehead atoms.